The topological polar surface area (TPSA) is 67.4 Å². The van der Waals surface area contributed by atoms with Gasteiger partial charge in [-0.05, 0) is 47.1 Å². The fraction of sp³-hybridized carbons (Fsp3) is 0.273. The van der Waals surface area contributed by atoms with Crippen molar-refractivity contribution in [3.8, 4) is 5.75 Å². The summed E-state index contributed by atoms with van der Waals surface area (Å²) in [6, 6.07) is 16.3. The Bertz CT molecular complexity index is 880. The van der Waals surface area contributed by atoms with Gasteiger partial charge in [-0.1, -0.05) is 36.4 Å². The Morgan fingerprint density at radius 3 is 2.61 bits per heavy atom. The minimum atomic E-state index is -0.318. The predicted molar refractivity (Wildman–Crippen MR) is 113 cm³/mol. The summed E-state index contributed by atoms with van der Waals surface area (Å²) in [5.41, 5.74) is 2.02. The quantitative estimate of drug-likeness (QED) is 0.711. The third-order valence-electron chi connectivity index (χ3n) is 4.70. The normalized spacial score (nSPS) is 17.6. The lowest BCUT2D eigenvalue weighted by molar-refractivity contribution is -0.122. The molecule has 146 valence electrons. The second-order valence-electron chi connectivity index (χ2n) is 6.59. The molecule has 1 fully saturated rings. The van der Waals surface area contributed by atoms with Gasteiger partial charge in [0.05, 0.1) is 13.2 Å². The second-order valence-corrected chi connectivity index (χ2v) is 7.39. The number of ketones is 1. The van der Waals surface area contributed by atoms with Crippen molar-refractivity contribution in [3.05, 3.63) is 71.4 Å². The molecule has 6 heteroatoms. The molecule has 1 saturated heterocycles. The van der Waals surface area contributed by atoms with Crippen molar-refractivity contribution in [2.75, 3.05) is 13.7 Å². The van der Waals surface area contributed by atoms with Gasteiger partial charge in [0.1, 0.15) is 11.5 Å². The minimum Gasteiger partial charge on any atom is -0.496 e. The fourth-order valence-electron chi connectivity index (χ4n) is 3.20. The van der Waals surface area contributed by atoms with Crippen LogP contribution in [-0.2, 0) is 4.79 Å². The first-order valence-electron chi connectivity index (χ1n) is 9.24. The summed E-state index contributed by atoms with van der Waals surface area (Å²) in [4.78, 5) is 25.1. The highest BCUT2D eigenvalue weighted by molar-refractivity contribution is 9.15. The molecule has 0 radical (unpaired) electrons. The zero-order valence-corrected chi connectivity index (χ0v) is 17.3. The predicted octanol–water partition coefficient (Wildman–Crippen LogP) is 3.90. The molecule has 2 aromatic rings. The van der Waals surface area contributed by atoms with Gasteiger partial charge in [0, 0.05) is 34.1 Å². The Morgan fingerprint density at radius 2 is 1.89 bits per heavy atom. The van der Waals surface area contributed by atoms with Crippen molar-refractivity contribution in [2.45, 2.75) is 25.3 Å². The van der Waals surface area contributed by atoms with Crippen molar-refractivity contribution in [3.63, 3.8) is 0 Å². The highest BCUT2D eigenvalue weighted by atomic mass is 79.9. The van der Waals surface area contributed by atoms with E-state index in [1.165, 1.54) is 0 Å². The summed E-state index contributed by atoms with van der Waals surface area (Å²) in [6.07, 6.45) is 1.79. The minimum absolute atomic E-state index is 0.165. The summed E-state index contributed by atoms with van der Waals surface area (Å²) in [5, 5.41) is 6.26. The van der Waals surface area contributed by atoms with E-state index in [4.69, 9.17) is 4.74 Å². The number of methoxy groups -OCH3 is 1. The van der Waals surface area contributed by atoms with Crippen molar-refractivity contribution < 1.29 is 14.3 Å². The van der Waals surface area contributed by atoms with E-state index >= 15 is 0 Å². The van der Waals surface area contributed by atoms with E-state index in [0.717, 1.165) is 18.5 Å². The molecular weight excluding hydrogens is 420 g/mol. The molecule has 5 nitrogen and oxygen atoms in total. The van der Waals surface area contributed by atoms with Crippen LogP contribution in [0.3, 0.4) is 0 Å². The Labute approximate surface area is 173 Å². The lowest BCUT2D eigenvalue weighted by Gasteiger charge is -2.24. The van der Waals surface area contributed by atoms with E-state index in [0.29, 0.717) is 34.3 Å². The van der Waals surface area contributed by atoms with Crippen LogP contribution in [0, 0.1) is 0 Å². The number of ether oxygens (including phenoxy) is 1. The number of carbonyl (C=O) groups excluding carboxylic acids is 2. The SMILES string of the molecule is COc1ccccc1/C(Br)=C(\CC1NCCCC1=O)NC(=O)c1ccccc1. The third-order valence-corrected chi connectivity index (χ3v) is 5.60. The van der Waals surface area contributed by atoms with Crippen LogP contribution >= 0.6 is 15.9 Å². The summed E-state index contributed by atoms with van der Waals surface area (Å²) in [7, 11) is 1.60. The summed E-state index contributed by atoms with van der Waals surface area (Å²) >= 11 is 3.64. The first-order chi connectivity index (χ1) is 13.6. The molecule has 0 saturated carbocycles. The molecule has 0 aromatic heterocycles. The van der Waals surface area contributed by atoms with Gasteiger partial charge in [0.25, 0.3) is 5.91 Å². The highest BCUT2D eigenvalue weighted by Gasteiger charge is 2.25. The van der Waals surface area contributed by atoms with Crippen LogP contribution in [0.15, 0.2) is 60.3 Å². The molecule has 1 aliphatic rings. The number of hydrogen-bond acceptors (Lipinski definition) is 4. The Hall–Kier alpha value is -2.44. The second kappa shape index (κ2) is 9.66. The van der Waals surface area contributed by atoms with E-state index in [1.54, 1.807) is 19.2 Å². The van der Waals surface area contributed by atoms with Crippen LogP contribution in [0.2, 0.25) is 0 Å². The Morgan fingerprint density at radius 1 is 1.18 bits per heavy atom. The smallest absolute Gasteiger partial charge is 0.255 e. The van der Waals surface area contributed by atoms with Crippen molar-refractivity contribution in [2.24, 2.45) is 0 Å². The lowest BCUT2D eigenvalue weighted by atomic mass is 9.98. The monoisotopic (exact) mass is 442 g/mol. The number of rotatable bonds is 6. The maximum atomic E-state index is 12.8. The Balaban J connectivity index is 1.95. The van der Waals surface area contributed by atoms with Gasteiger partial charge in [-0.2, -0.15) is 0 Å². The number of benzene rings is 2. The number of carbonyl (C=O) groups is 2. The molecule has 0 spiro atoms. The number of piperidine rings is 1. The molecule has 1 amide bonds. The van der Waals surface area contributed by atoms with Crippen LogP contribution < -0.4 is 15.4 Å². The highest BCUT2D eigenvalue weighted by Crippen LogP contribution is 2.33. The van der Waals surface area contributed by atoms with Gasteiger partial charge in [-0.25, -0.2) is 0 Å². The summed E-state index contributed by atoms with van der Waals surface area (Å²) in [6.45, 7) is 0.794. The van der Waals surface area contributed by atoms with Gasteiger partial charge in [0.2, 0.25) is 0 Å². The maximum Gasteiger partial charge on any atom is 0.255 e. The van der Waals surface area contributed by atoms with Gasteiger partial charge in [-0.3, -0.25) is 9.59 Å². The lowest BCUT2D eigenvalue weighted by Crippen LogP contribution is -2.43. The molecule has 28 heavy (non-hydrogen) atoms. The fourth-order valence-corrected chi connectivity index (χ4v) is 3.79. The van der Waals surface area contributed by atoms with Crippen LogP contribution in [0.1, 0.15) is 35.2 Å². The van der Waals surface area contributed by atoms with E-state index < -0.39 is 0 Å². The molecule has 0 aliphatic carbocycles. The molecule has 1 heterocycles. The van der Waals surface area contributed by atoms with Crippen LogP contribution in [0.25, 0.3) is 4.48 Å². The van der Waals surface area contributed by atoms with Gasteiger partial charge in [0.15, 0.2) is 0 Å². The average molecular weight is 443 g/mol. The zero-order valence-electron chi connectivity index (χ0n) is 15.7. The van der Waals surface area contributed by atoms with E-state index in [9.17, 15) is 9.59 Å². The summed E-state index contributed by atoms with van der Waals surface area (Å²) in [5.74, 6) is 0.632. The number of nitrogens with one attached hydrogen (secondary N) is 2. The number of amides is 1. The van der Waals surface area contributed by atoms with E-state index in [2.05, 4.69) is 26.6 Å². The maximum absolute atomic E-state index is 12.8. The molecule has 1 aliphatic heterocycles. The van der Waals surface area contributed by atoms with Crippen LogP contribution in [0.5, 0.6) is 5.75 Å². The van der Waals surface area contributed by atoms with Crippen molar-refractivity contribution in [1.82, 2.24) is 10.6 Å². The van der Waals surface area contributed by atoms with Crippen molar-refractivity contribution in [1.29, 1.82) is 0 Å². The van der Waals surface area contributed by atoms with E-state index in [1.807, 2.05) is 42.5 Å². The third kappa shape index (κ3) is 4.88. The zero-order chi connectivity index (χ0) is 19.9. The average Bonchev–Trinajstić information content (AvgIpc) is 2.74. The molecule has 1 unspecified atom stereocenters. The van der Waals surface area contributed by atoms with Crippen molar-refractivity contribution >= 4 is 32.1 Å². The molecule has 1 atom stereocenters. The standard InChI is InChI=1S/C22H23BrN2O3/c1-28-20-12-6-5-10-16(20)21(23)18(14-17-19(26)11-7-13-24-17)25-22(27)15-8-3-2-4-9-15/h2-6,8-10,12,17,24H,7,11,13-14H2,1H3,(H,25,27)/b21-18-. The molecule has 0 bridgehead atoms. The summed E-state index contributed by atoms with van der Waals surface area (Å²) < 4.78 is 6.16. The van der Waals surface area contributed by atoms with Crippen LogP contribution in [0.4, 0.5) is 0 Å². The first kappa shape index (κ1) is 20.3. The number of Topliss-reactive ketones (excluding diaryl/α,β-unsaturated/α-hetero) is 1. The first-order valence-corrected chi connectivity index (χ1v) is 10.0. The largest absolute Gasteiger partial charge is 0.496 e. The number of para-hydroxylation sites is 1. The van der Waals surface area contributed by atoms with E-state index in [-0.39, 0.29) is 17.7 Å². The molecule has 2 aromatic carbocycles. The van der Waals surface area contributed by atoms with Crippen LogP contribution in [-0.4, -0.2) is 31.4 Å². The van der Waals surface area contributed by atoms with Gasteiger partial charge >= 0.3 is 0 Å². The van der Waals surface area contributed by atoms with Gasteiger partial charge in [-0.15, -0.1) is 0 Å². The number of halogens is 1. The molecular formula is C22H23BrN2O3. The Kier molecular flexibility index (Phi) is 7.01. The van der Waals surface area contributed by atoms with Gasteiger partial charge < -0.3 is 15.4 Å². The molecule has 3 rings (SSSR count). The molecule has 2 N–H and O–H groups in total. The number of hydrogen-bond donors (Lipinski definition) is 2.